The Hall–Kier alpha value is -1.91. The summed E-state index contributed by atoms with van der Waals surface area (Å²) in [5, 5.41) is 0. The molecule has 2 heterocycles. The third-order valence-corrected chi connectivity index (χ3v) is 5.05. The molecule has 1 atom stereocenters. The average Bonchev–Trinajstić information content (AvgIpc) is 3.12. The topological polar surface area (TPSA) is 34.6 Å². The van der Waals surface area contributed by atoms with Gasteiger partial charge in [0.25, 0.3) is 0 Å². The van der Waals surface area contributed by atoms with Crippen molar-refractivity contribution in [2.24, 2.45) is 5.92 Å². The SMILES string of the molecule is COc1cccc(C2(CN(Cc3ccccn3)CC(C)C)CCOC2)c1. The molecule has 3 rings (SSSR count). The van der Waals surface area contributed by atoms with E-state index in [0.717, 1.165) is 50.7 Å². The molecule has 1 fully saturated rings. The fourth-order valence-corrected chi connectivity index (χ4v) is 3.85. The van der Waals surface area contributed by atoms with Gasteiger partial charge in [0.15, 0.2) is 0 Å². The van der Waals surface area contributed by atoms with Crippen LogP contribution in [0.25, 0.3) is 0 Å². The van der Waals surface area contributed by atoms with Crippen molar-refractivity contribution in [3.05, 3.63) is 59.9 Å². The van der Waals surface area contributed by atoms with E-state index in [9.17, 15) is 0 Å². The van der Waals surface area contributed by atoms with E-state index < -0.39 is 0 Å². The molecule has 1 unspecified atom stereocenters. The molecule has 1 aromatic heterocycles. The summed E-state index contributed by atoms with van der Waals surface area (Å²) in [5.41, 5.74) is 2.44. The zero-order valence-electron chi connectivity index (χ0n) is 16.1. The molecule has 0 N–H and O–H groups in total. The third-order valence-electron chi connectivity index (χ3n) is 5.05. The molecule has 1 aliphatic heterocycles. The van der Waals surface area contributed by atoms with E-state index in [2.05, 4.69) is 54.1 Å². The number of rotatable bonds is 8. The number of ether oxygens (including phenoxy) is 2. The molecule has 26 heavy (non-hydrogen) atoms. The van der Waals surface area contributed by atoms with Crippen molar-refractivity contribution in [2.45, 2.75) is 32.2 Å². The highest BCUT2D eigenvalue weighted by atomic mass is 16.5. The fourth-order valence-electron chi connectivity index (χ4n) is 3.85. The van der Waals surface area contributed by atoms with Crippen LogP contribution >= 0.6 is 0 Å². The Kier molecular flexibility index (Phi) is 6.28. The van der Waals surface area contributed by atoms with E-state index in [1.807, 2.05) is 18.3 Å². The molecular weight excluding hydrogens is 324 g/mol. The van der Waals surface area contributed by atoms with Gasteiger partial charge in [0.2, 0.25) is 0 Å². The summed E-state index contributed by atoms with van der Waals surface area (Å²) in [6, 6.07) is 14.6. The minimum atomic E-state index is 0.0121. The number of pyridine rings is 1. The minimum Gasteiger partial charge on any atom is -0.497 e. The van der Waals surface area contributed by atoms with Gasteiger partial charge in [0.1, 0.15) is 5.75 Å². The van der Waals surface area contributed by atoms with Crippen molar-refractivity contribution in [3.63, 3.8) is 0 Å². The van der Waals surface area contributed by atoms with Gasteiger partial charge in [-0.25, -0.2) is 0 Å². The molecular formula is C22H30N2O2. The summed E-state index contributed by atoms with van der Waals surface area (Å²) in [6.45, 7) is 9.00. The van der Waals surface area contributed by atoms with Gasteiger partial charge in [-0.05, 0) is 42.2 Å². The van der Waals surface area contributed by atoms with Gasteiger partial charge >= 0.3 is 0 Å². The van der Waals surface area contributed by atoms with Crippen LogP contribution in [0, 0.1) is 5.92 Å². The van der Waals surface area contributed by atoms with Crippen molar-refractivity contribution in [1.82, 2.24) is 9.88 Å². The van der Waals surface area contributed by atoms with Gasteiger partial charge in [-0.2, -0.15) is 0 Å². The molecule has 140 valence electrons. The monoisotopic (exact) mass is 354 g/mol. The maximum atomic E-state index is 5.86. The van der Waals surface area contributed by atoms with E-state index in [1.54, 1.807) is 7.11 Å². The lowest BCUT2D eigenvalue weighted by Gasteiger charge is -2.35. The van der Waals surface area contributed by atoms with Gasteiger partial charge < -0.3 is 9.47 Å². The molecule has 4 heteroatoms. The van der Waals surface area contributed by atoms with E-state index >= 15 is 0 Å². The zero-order chi connectivity index (χ0) is 18.4. The van der Waals surface area contributed by atoms with E-state index in [1.165, 1.54) is 5.56 Å². The molecule has 0 spiro atoms. The van der Waals surface area contributed by atoms with E-state index in [0.29, 0.717) is 5.92 Å². The van der Waals surface area contributed by atoms with Crippen LogP contribution in [0.4, 0.5) is 0 Å². The second kappa shape index (κ2) is 8.65. The van der Waals surface area contributed by atoms with Crippen LogP contribution in [0.5, 0.6) is 5.75 Å². The Bertz CT molecular complexity index is 682. The minimum absolute atomic E-state index is 0.0121. The Morgan fingerprint density at radius 2 is 2.12 bits per heavy atom. The number of nitrogens with zero attached hydrogens (tertiary/aromatic N) is 2. The van der Waals surface area contributed by atoms with Gasteiger partial charge in [-0.1, -0.05) is 32.0 Å². The average molecular weight is 354 g/mol. The molecule has 1 aliphatic rings. The first-order chi connectivity index (χ1) is 12.6. The van der Waals surface area contributed by atoms with Crippen LogP contribution in [-0.4, -0.2) is 43.3 Å². The van der Waals surface area contributed by atoms with Crippen molar-refractivity contribution in [2.75, 3.05) is 33.4 Å². The molecule has 2 aromatic rings. The third kappa shape index (κ3) is 4.63. The van der Waals surface area contributed by atoms with Crippen molar-refractivity contribution in [3.8, 4) is 5.75 Å². The van der Waals surface area contributed by atoms with Crippen molar-refractivity contribution < 1.29 is 9.47 Å². The molecule has 1 saturated heterocycles. The first kappa shape index (κ1) is 18.9. The van der Waals surface area contributed by atoms with Crippen LogP contribution in [0.3, 0.4) is 0 Å². The highest BCUT2D eigenvalue weighted by Gasteiger charge is 2.38. The summed E-state index contributed by atoms with van der Waals surface area (Å²) in [6.07, 6.45) is 2.91. The van der Waals surface area contributed by atoms with Gasteiger partial charge in [-0.15, -0.1) is 0 Å². The molecule has 0 aliphatic carbocycles. The van der Waals surface area contributed by atoms with Crippen LogP contribution < -0.4 is 4.74 Å². The smallest absolute Gasteiger partial charge is 0.119 e. The normalized spacial score (nSPS) is 20.0. The number of aromatic nitrogens is 1. The van der Waals surface area contributed by atoms with Gasteiger partial charge in [-0.3, -0.25) is 9.88 Å². The maximum absolute atomic E-state index is 5.86. The lowest BCUT2D eigenvalue weighted by molar-refractivity contribution is 0.139. The number of methoxy groups -OCH3 is 1. The van der Waals surface area contributed by atoms with Crippen molar-refractivity contribution >= 4 is 0 Å². The predicted octanol–water partition coefficient (Wildman–Crippen LogP) is 3.91. The standard InChI is InChI=1S/C22H30N2O2/c1-18(2)14-24(15-20-8-4-5-11-23-20)16-22(10-12-26-17-22)19-7-6-9-21(13-19)25-3/h4-9,11,13,18H,10,12,14-17H2,1-3H3. The van der Waals surface area contributed by atoms with E-state index in [4.69, 9.17) is 9.47 Å². The Morgan fingerprint density at radius 1 is 1.23 bits per heavy atom. The maximum Gasteiger partial charge on any atom is 0.119 e. The van der Waals surface area contributed by atoms with Crippen LogP contribution in [0.1, 0.15) is 31.5 Å². The lowest BCUT2D eigenvalue weighted by Crippen LogP contribution is -2.42. The zero-order valence-corrected chi connectivity index (χ0v) is 16.1. The first-order valence-electron chi connectivity index (χ1n) is 9.46. The molecule has 0 radical (unpaired) electrons. The summed E-state index contributed by atoms with van der Waals surface area (Å²) in [7, 11) is 1.73. The lowest BCUT2D eigenvalue weighted by atomic mass is 9.79. The quantitative estimate of drug-likeness (QED) is 0.720. The highest BCUT2D eigenvalue weighted by Crippen LogP contribution is 2.36. The first-order valence-corrected chi connectivity index (χ1v) is 9.46. The second-order valence-corrected chi connectivity index (χ2v) is 7.70. The number of benzene rings is 1. The Labute approximate surface area is 157 Å². The predicted molar refractivity (Wildman–Crippen MR) is 104 cm³/mol. The van der Waals surface area contributed by atoms with Crippen LogP contribution in [-0.2, 0) is 16.7 Å². The summed E-state index contributed by atoms with van der Waals surface area (Å²) in [4.78, 5) is 7.06. The fraction of sp³-hybridized carbons (Fsp3) is 0.500. The van der Waals surface area contributed by atoms with E-state index in [-0.39, 0.29) is 5.41 Å². The molecule has 0 saturated carbocycles. The largest absolute Gasteiger partial charge is 0.497 e. The van der Waals surface area contributed by atoms with Gasteiger partial charge in [0, 0.05) is 37.9 Å². The number of hydrogen-bond acceptors (Lipinski definition) is 4. The molecule has 0 bridgehead atoms. The highest BCUT2D eigenvalue weighted by molar-refractivity contribution is 5.35. The Balaban J connectivity index is 1.85. The second-order valence-electron chi connectivity index (χ2n) is 7.70. The summed E-state index contributed by atoms with van der Waals surface area (Å²) in [5.74, 6) is 1.51. The van der Waals surface area contributed by atoms with Gasteiger partial charge in [0.05, 0.1) is 19.4 Å². The van der Waals surface area contributed by atoms with Crippen LogP contribution in [0.2, 0.25) is 0 Å². The molecule has 0 amide bonds. The summed E-state index contributed by atoms with van der Waals surface area (Å²) >= 11 is 0. The van der Waals surface area contributed by atoms with Crippen molar-refractivity contribution in [1.29, 1.82) is 0 Å². The summed E-state index contributed by atoms with van der Waals surface area (Å²) < 4.78 is 11.3. The molecule has 1 aromatic carbocycles. The molecule has 4 nitrogen and oxygen atoms in total. The Morgan fingerprint density at radius 3 is 2.77 bits per heavy atom. The number of hydrogen-bond donors (Lipinski definition) is 0. The van der Waals surface area contributed by atoms with Crippen LogP contribution in [0.15, 0.2) is 48.7 Å².